The van der Waals surface area contributed by atoms with Crippen LogP contribution in [0.25, 0.3) is 5.82 Å². The minimum Gasteiger partial charge on any atom is -0.377 e. The molecule has 0 saturated heterocycles. The van der Waals surface area contributed by atoms with Crippen molar-refractivity contribution in [3.05, 3.63) is 34.5 Å². The van der Waals surface area contributed by atoms with Crippen LogP contribution in [0, 0.1) is 0 Å². The molecule has 19 heavy (non-hydrogen) atoms. The summed E-state index contributed by atoms with van der Waals surface area (Å²) in [7, 11) is 1.60. The zero-order valence-corrected chi connectivity index (χ0v) is 12.1. The third-order valence-electron chi connectivity index (χ3n) is 2.78. The minimum atomic E-state index is 0.330. The van der Waals surface area contributed by atoms with Crippen molar-refractivity contribution in [2.24, 2.45) is 0 Å². The topological polar surface area (TPSA) is 52.8 Å². The first-order valence-corrected chi connectivity index (χ1v) is 6.66. The van der Waals surface area contributed by atoms with Gasteiger partial charge in [0.05, 0.1) is 5.69 Å². The summed E-state index contributed by atoms with van der Waals surface area (Å²) in [5.41, 5.74) is 2.15. The number of ether oxygens (including phenoxy) is 1. The van der Waals surface area contributed by atoms with Crippen LogP contribution in [0.2, 0.25) is 5.15 Å². The van der Waals surface area contributed by atoms with E-state index in [1.165, 1.54) is 0 Å². The summed E-state index contributed by atoms with van der Waals surface area (Å²) in [6.07, 6.45) is 1.78. The standard InChI is InChI=1S/C13H17ClN4O/c1-4-9-6-10(5-2)18(17-9)13-7-11(14)15-12(16-13)8-19-3/h6-7H,4-5,8H2,1-3H3. The van der Waals surface area contributed by atoms with Crippen LogP contribution in [0.1, 0.15) is 31.1 Å². The predicted octanol–water partition coefficient (Wildman–Crippen LogP) is 2.59. The molecule has 0 aliphatic rings. The van der Waals surface area contributed by atoms with E-state index in [4.69, 9.17) is 16.3 Å². The zero-order chi connectivity index (χ0) is 13.8. The molecule has 0 bridgehead atoms. The number of hydrogen-bond donors (Lipinski definition) is 0. The Hall–Kier alpha value is -1.46. The van der Waals surface area contributed by atoms with Gasteiger partial charge in [0.15, 0.2) is 11.6 Å². The van der Waals surface area contributed by atoms with E-state index in [1.54, 1.807) is 13.2 Å². The van der Waals surface area contributed by atoms with Crippen LogP contribution < -0.4 is 0 Å². The molecule has 0 amide bonds. The molecule has 0 atom stereocenters. The molecule has 0 unspecified atom stereocenters. The fourth-order valence-electron chi connectivity index (χ4n) is 1.85. The van der Waals surface area contributed by atoms with E-state index in [-0.39, 0.29) is 0 Å². The minimum absolute atomic E-state index is 0.330. The molecule has 2 aromatic rings. The highest BCUT2D eigenvalue weighted by molar-refractivity contribution is 6.29. The zero-order valence-electron chi connectivity index (χ0n) is 11.4. The van der Waals surface area contributed by atoms with Gasteiger partial charge < -0.3 is 4.74 Å². The molecule has 0 saturated carbocycles. The van der Waals surface area contributed by atoms with Gasteiger partial charge in [0.2, 0.25) is 0 Å². The monoisotopic (exact) mass is 280 g/mol. The second-order valence-electron chi connectivity index (χ2n) is 4.14. The smallest absolute Gasteiger partial charge is 0.158 e. The molecule has 2 rings (SSSR count). The van der Waals surface area contributed by atoms with Crippen molar-refractivity contribution in [2.45, 2.75) is 33.3 Å². The van der Waals surface area contributed by atoms with Crippen LogP contribution in [0.3, 0.4) is 0 Å². The van der Waals surface area contributed by atoms with Gasteiger partial charge in [-0.15, -0.1) is 0 Å². The molecule has 0 spiro atoms. The lowest BCUT2D eigenvalue weighted by atomic mass is 10.2. The van der Waals surface area contributed by atoms with Gasteiger partial charge in [0.25, 0.3) is 0 Å². The van der Waals surface area contributed by atoms with Gasteiger partial charge in [-0.05, 0) is 18.9 Å². The van der Waals surface area contributed by atoms with Gasteiger partial charge in [-0.3, -0.25) is 0 Å². The fraction of sp³-hybridized carbons (Fsp3) is 0.462. The van der Waals surface area contributed by atoms with Crippen molar-refractivity contribution in [3.63, 3.8) is 0 Å². The maximum Gasteiger partial charge on any atom is 0.158 e. The molecule has 0 aliphatic carbocycles. The van der Waals surface area contributed by atoms with Crippen LogP contribution in [0.5, 0.6) is 0 Å². The van der Waals surface area contributed by atoms with E-state index in [9.17, 15) is 0 Å². The van der Waals surface area contributed by atoms with Crippen LogP contribution in [-0.2, 0) is 24.2 Å². The summed E-state index contributed by atoms with van der Waals surface area (Å²) in [5, 5.41) is 4.94. The largest absolute Gasteiger partial charge is 0.377 e. The van der Waals surface area contributed by atoms with Crippen LogP contribution in [0.15, 0.2) is 12.1 Å². The second-order valence-corrected chi connectivity index (χ2v) is 4.53. The highest BCUT2D eigenvalue weighted by Gasteiger charge is 2.11. The van der Waals surface area contributed by atoms with E-state index in [0.717, 1.165) is 24.2 Å². The Kier molecular flexibility index (Phi) is 4.50. The molecule has 102 valence electrons. The number of methoxy groups -OCH3 is 1. The van der Waals surface area contributed by atoms with Gasteiger partial charge in [-0.1, -0.05) is 25.4 Å². The molecule has 2 heterocycles. The van der Waals surface area contributed by atoms with Crippen molar-refractivity contribution < 1.29 is 4.74 Å². The summed E-state index contributed by atoms with van der Waals surface area (Å²) >= 11 is 6.02. The van der Waals surface area contributed by atoms with Gasteiger partial charge in [0, 0.05) is 18.9 Å². The molecule has 0 aliphatic heterocycles. The van der Waals surface area contributed by atoms with Gasteiger partial charge in [0.1, 0.15) is 11.8 Å². The predicted molar refractivity (Wildman–Crippen MR) is 73.6 cm³/mol. The van der Waals surface area contributed by atoms with Crippen molar-refractivity contribution in [2.75, 3.05) is 7.11 Å². The normalized spacial score (nSPS) is 10.9. The number of nitrogens with zero attached hydrogens (tertiary/aromatic N) is 4. The summed E-state index contributed by atoms with van der Waals surface area (Å²) < 4.78 is 6.87. The first kappa shape index (κ1) is 14.0. The molecular formula is C13H17ClN4O. The van der Waals surface area contributed by atoms with Crippen LogP contribution >= 0.6 is 11.6 Å². The Labute approximate surface area is 117 Å². The number of halogens is 1. The first-order chi connectivity index (χ1) is 9.17. The summed E-state index contributed by atoms with van der Waals surface area (Å²) in [6.45, 7) is 4.50. The first-order valence-electron chi connectivity index (χ1n) is 6.28. The molecular weight excluding hydrogens is 264 g/mol. The lowest BCUT2D eigenvalue weighted by Gasteiger charge is -2.07. The van der Waals surface area contributed by atoms with E-state index in [2.05, 4.69) is 35.0 Å². The molecule has 6 heteroatoms. The molecule has 2 aromatic heterocycles. The Balaban J connectivity index is 2.48. The number of hydrogen-bond acceptors (Lipinski definition) is 4. The van der Waals surface area contributed by atoms with Gasteiger partial charge in [-0.25, -0.2) is 14.6 Å². The van der Waals surface area contributed by atoms with E-state index in [0.29, 0.717) is 23.4 Å². The molecule has 0 N–H and O–H groups in total. The Morgan fingerprint density at radius 1 is 1.21 bits per heavy atom. The molecule has 0 fully saturated rings. The summed E-state index contributed by atoms with van der Waals surface area (Å²) in [5.74, 6) is 1.24. The summed E-state index contributed by atoms with van der Waals surface area (Å²) in [6, 6.07) is 3.80. The quantitative estimate of drug-likeness (QED) is 0.790. The van der Waals surface area contributed by atoms with E-state index < -0.39 is 0 Å². The highest BCUT2D eigenvalue weighted by Crippen LogP contribution is 2.16. The van der Waals surface area contributed by atoms with Gasteiger partial charge >= 0.3 is 0 Å². The lowest BCUT2D eigenvalue weighted by molar-refractivity contribution is 0.177. The van der Waals surface area contributed by atoms with Gasteiger partial charge in [-0.2, -0.15) is 5.10 Å². The fourth-order valence-corrected chi connectivity index (χ4v) is 2.05. The number of aromatic nitrogens is 4. The Morgan fingerprint density at radius 3 is 2.63 bits per heavy atom. The maximum atomic E-state index is 6.02. The maximum absolute atomic E-state index is 6.02. The van der Waals surface area contributed by atoms with E-state index in [1.807, 2.05) is 4.68 Å². The van der Waals surface area contributed by atoms with Crippen molar-refractivity contribution in [1.29, 1.82) is 0 Å². The Morgan fingerprint density at radius 2 is 2.00 bits per heavy atom. The third kappa shape index (κ3) is 3.11. The van der Waals surface area contributed by atoms with E-state index >= 15 is 0 Å². The molecule has 5 nitrogen and oxygen atoms in total. The molecule has 0 aromatic carbocycles. The van der Waals surface area contributed by atoms with Crippen LogP contribution in [-0.4, -0.2) is 26.9 Å². The lowest BCUT2D eigenvalue weighted by Crippen LogP contribution is -2.08. The average Bonchev–Trinajstić information content (AvgIpc) is 2.81. The molecule has 0 radical (unpaired) electrons. The summed E-state index contributed by atoms with van der Waals surface area (Å²) in [4.78, 5) is 8.55. The second kappa shape index (κ2) is 6.12. The average molecular weight is 281 g/mol. The van der Waals surface area contributed by atoms with Crippen molar-refractivity contribution in [3.8, 4) is 5.82 Å². The third-order valence-corrected chi connectivity index (χ3v) is 2.97. The van der Waals surface area contributed by atoms with Crippen LogP contribution in [0.4, 0.5) is 0 Å². The Bertz CT molecular complexity index is 568. The number of rotatable bonds is 5. The number of aryl methyl sites for hydroxylation is 2. The SMILES string of the molecule is CCc1cc(CC)n(-c2cc(Cl)nc(COC)n2)n1. The highest BCUT2D eigenvalue weighted by atomic mass is 35.5. The van der Waals surface area contributed by atoms with Crippen molar-refractivity contribution in [1.82, 2.24) is 19.7 Å². The van der Waals surface area contributed by atoms with Crippen molar-refractivity contribution >= 4 is 11.6 Å².